The maximum absolute atomic E-state index is 13.0. The maximum atomic E-state index is 13.0. The molecule has 0 amide bonds. The molecular weight excluding hydrogens is 225 g/mol. The summed E-state index contributed by atoms with van der Waals surface area (Å²) in [5.74, 6) is -0.250. The van der Waals surface area contributed by atoms with Crippen LogP contribution in [0.2, 0.25) is 0 Å². The molecule has 0 saturated heterocycles. The van der Waals surface area contributed by atoms with E-state index in [9.17, 15) is 4.39 Å². The van der Waals surface area contributed by atoms with Crippen LogP contribution in [0.25, 0.3) is 0 Å². The molecule has 0 aliphatic heterocycles. The molecule has 0 heterocycles. The smallest absolute Gasteiger partial charge is 0.127 e. The fraction of sp³-hybridized carbons (Fsp3) is 0.250. The second-order valence-electron chi connectivity index (χ2n) is 2.39. The molecule has 0 saturated carbocycles. The molecule has 1 aromatic carbocycles. The van der Waals surface area contributed by atoms with Crippen LogP contribution in [-0.2, 0) is 6.42 Å². The minimum absolute atomic E-state index is 0.250. The normalized spacial score (nSPS) is 10.2. The third-order valence-electron chi connectivity index (χ3n) is 1.52. The molecule has 0 aliphatic carbocycles. The molecule has 4 heteroatoms. The van der Waals surface area contributed by atoms with Crippen LogP contribution < -0.4 is 5.48 Å². The van der Waals surface area contributed by atoms with E-state index in [0.29, 0.717) is 18.5 Å². The van der Waals surface area contributed by atoms with E-state index < -0.39 is 0 Å². The van der Waals surface area contributed by atoms with Gasteiger partial charge in [0.1, 0.15) is 5.82 Å². The molecule has 2 N–H and O–H groups in total. The van der Waals surface area contributed by atoms with E-state index in [-0.39, 0.29) is 5.82 Å². The Morgan fingerprint density at radius 2 is 2.25 bits per heavy atom. The van der Waals surface area contributed by atoms with E-state index >= 15 is 0 Å². The van der Waals surface area contributed by atoms with E-state index in [1.165, 1.54) is 6.07 Å². The van der Waals surface area contributed by atoms with E-state index in [4.69, 9.17) is 5.21 Å². The number of nitrogens with one attached hydrogen (secondary N) is 1. The Labute approximate surface area is 78.5 Å². The fourth-order valence-corrected chi connectivity index (χ4v) is 1.25. The Morgan fingerprint density at radius 1 is 1.50 bits per heavy atom. The Hall–Kier alpha value is -0.450. The third-order valence-corrected chi connectivity index (χ3v) is 2.01. The molecule has 2 nitrogen and oxygen atoms in total. The standard InChI is InChI=1S/C8H9BrFNO/c9-7-2-1-6(3-4-11-12)8(10)5-7/h1-2,5,11-12H,3-4H2. The molecule has 12 heavy (non-hydrogen) atoms. The summed E-state index contributed by atoms with van der Waals surface area (Å²) in [6.07, 6.45) is 0.482. The van der Waals surface area contributed by atoms with Crippen LogP contribution in [0, 0.1) is 5.82 Å². The monoisotopic (exact) mass is 233 g/mol. The molecule has 0 atom stereocenters. The average Bonchev–Trinajstić information content (AvgIpc) is 2.03. The number of hydrogen-bond donors (Lipinski definition) is 2. The van der Waals surface area contributed by atoms with E-state index in [1.807, 2.05) is 5.48 Å². The summed E-state index contributed by atoms with van der Waals surface area (Å²) >= 11 is 3.16. The van der Waals surface area contributed by atoms with Crippen LogP contribution in [0.4, 0.5) is 4.39 Å². The fourth-order valence-electron chi connectivity index (χ4n) is 0.915. The average molecular weight is 234 g/mol. The van der Waals surface area contributed by atoms with E-state index in [2.05, 4.69) is 15.9 Å². The van der Waals surface area contributed by atoms with Crippen molar-refractivity contribution in [2.45, 2.75) is 6.42 Å². The van der Waals surface area contributed by atoms with Gasteiger partial charge in [-0.15, -0.1) is 0 Å². The summed E-state index contributed by atoms with van der Waals surface area (Å²) in [6, 6.07) is 4.87. The summed E-state index contributed by atoms with van der Waals surface area (Å²) in [4.78, 5) is 0. The SMILES string of the molecule is ONCCc1ccc(Br)cc1F. The maximum Gasteiger partial charge on any atom is 0.127 e. The molecule has 0 radical (unpaired) electrons. The van der Waals surface area contributed by atoms with Gasteiger partial charge < -0.3 is 5.21 Å². The molecule has 1 aromatic rings. The largest absolute Gasteiger partial charge is 0.317 e. The van der Waals surface area contributed by atoms with Gasteiger partial charge >= 0.3 is 0 Å². The van der Waals surface area contributed by atoms with Crippen LogP contribution in [0.15, 0.2) is 22.7 Å². The van der Waals surface area contributed by atoms with Crippen LogP contribution >= 0.6 is 15.9 Å². The second kappa shape index (κ2) is 4.54. The first-order valence-electron chi connectivity index (χ1n) is 3.55. The summed E-state index contributed by atoms with van der Waals surface area (Å²) in [5, 5.41) is 8.29. The predicted molar refractivity (Wildman–Crippen MR) is 47.6 cm³/mol. The zero-order valence-electron chi connectivity index (χ0n) is 6.35. The van der Waals surface area contributed by atoms with Crippen molar-refractivity contribution in [2.75, 3.05) is 6.54 Å². The van der Waals surface area contributed by atoms with E-state index in [0.717, 1.165) is 4.47 Å². The van der Waals surface area contributed by atoms with Gasteiger partial charge in [-0.25, -0.2) is 9.87 Å². The highest BCUT2D eigenvalue weighted by Crippen LogP contribution is 2.15. The van der Waals surface area contributed by atoms with Gasteiger partial charge in [0.05, 0.1) is 0 Å². The first-order valence-corrected chi connectivity index (χ1v) is 4.34. The highest BCUT2D eigenvalue weighted by Gasteiger charge is 2.01. The number of halogens is 2. The van der Waals surface area contributed by atoms with Crippen molar-refractivity contribution in [3.05, 3.63) is 34.1 Å². The number of benzene rings is 1. The summed E-state index contributed by atoms with van der Waals surface area (Å²) in [7, 11) is 0. The quantitative estimate of drug-likeness (QED) is 0.785. The van der Waals surface area contributed by atoms with Crippen molar-refractivity contribution in [3.63, 3.8) is 0 Å². The van der Waals surface area contributed by atoms with Gasteiger partial charge in [0.2, 0.25) is 0 Å². The molecule has 0 bridgehead atoms. The molecule has 66 valence electrons. The zero-order chi connectivity index (χ0) is 8.97. The lowest BCUT2D eigenvalue weighted by Gasteiger charge is -2.01. The van der Waals surface area contributed by atoms with Gasteiger partial charge in [0, 0.05) is 11.0 Å². The second-order valence-corrected chi connectivity index (χ2v) is 3.31. The molecule has 0 spiro atoms. The third kappa shape index (κ3) is 2.55. The number of hydroxylamine groups is 1. The summed E-state index contributed by atoms with van der Waals surface area (Å²) < 4.78 is 13.8. The Kier molecular flexibility index (Phi) is 3.65. The van der Waals surface area contributed by atoms with Crippen LogP contribution in [-0.4, -0.2) is 11.8 Å². The Bertz CT molecular complexity index is 267. The minimum atomic E-state index is -0.250. The van der Waals surface area contributed by atoms with Gasteiger partial charge in [-0.2, -0.15) is 0 Å². The first kappa shape index (κ1) is 9.64. The summed E-state index contributed by atoms with van der Waals surface area (Å²) in [6.45, 7) is 0.360. The highest BCUT2D eigenvalue weighted by atomic mass is 79.9. The molecule has 1 rings (SSSR count). The van der Waals surface area contributed by atoms with Crippen molar-refractivity contribution < 1.29 is 9.60 Å². The van der Waals surface area contributed by atoms with Gasteiger partial charge in [-0.05, 0) is 24.1 Å². The molecule has 0 fully saturated rings. The van der Waals surface area contributed by atoms with Crippen molar-refractivity contribution in [2.24, 2.45) is 0 Å². The van der Waals surface area contributed by atoms with Crippen molar-refractivity contribution in [3.8, 4) is 0 Å². The highest BCUT2D eigenvalue weighted by molar-refractivity contribution is 9.10. The van der Waals surface area contributed by atoms with E-state index in [1.54, 1.807) is 12.1 Å². The van der Waals surface area contributed by atoms with Crippen LogP contribution in [0.3, 0.4) is 0 Å². The first-order chi connectivity index (χ1) is 5.74. The Morgan fingerprint density at radius 3 is 2.83 bits per heavy atom. The zero-order valence-corrected chi connectivity index (χ0v) is 7.94. The molecule has 0 unspecified atom stereocenters. The van der Waals surface area contributed by atoms with Gasteiger partial charge in [-0.1, -0.05) is 22.0 Å². The number of rotatable bonds is 3. The number of hydrogen-bond acceptors (Lipinski definition) is 2. The van der Waals surface area contributed by atoms with Crippen LogP contribution in [0.1, 0.15) is 5.56 Å². The predicted octanol–water partition coefficient (Wildman–Crippen LogP) is 2.11. The van der Waals surface area contributed by atoms with Gasteiger partial charge in [0.15, 0.2) is 0 Å². The lowest BCUT2D eigenvalue weighted by molar-refractivity contribution is 0.168. The summed E-state index contributed by atoms with van der Waals surface area (Å²) in [5.41, 5.74) is 2.58. The minimum Gasteiger partial charge on any atom is -0.317 e. The van der Waals surface area contributed by atoms with Gasteiger partial charge in [0.25, 0.3) is 0 Å². The Balaban J connectivity index is 2.72. The lowest BCUT2D eigenvalue weighted by atomic mass is 10.1. The van der Waals surface area contributed by atoms with Crippen LogP contribution in [0.5, 0.6) is 0 Å². The van der Waals surface area contributed by atoms with Crippen molar-refractivity contribution >= 4 is 15.9 Å². The lowest BCUT2D eigenvalue weighted by Crippen LogP contribution is -2.11. The van der Waals surface area contributed by atoms with Gasteiger partial charge in [-0.3, -0.25) is 0 Å². The van der Waals surface area contributed by atoms with Crippen molar-refractivity contribution in [1.82, 2.24) is 5.48 Å². The molecule has 0 aromatic heterocycles. The topological polar surface area (TPSA) is 32.3 Å². The van der Waals surface area contributed by atoms with Crippen molar-refractivity contribution in [1.29, 1.82) is 0 Å². The molecular formula is C8H9BrFNO. The molecule has 0 aliphatic rings.